The number of non-ortho nitro benzene ring substituents is 1. The molecule has 9 heteroatoms. The van der Waals surface area contributed by atoms with Crippen molar-refractivity contribution in [2.45, 2.75) is 6.54 Å². The van der Waals surface area contributed by atoms with Crippen LogP contribution in [0.5, 0.6) is 5.75 Å². The molecule has 0 radical (unpaired) electrons. The molecule has 0 atom stereocenters. The van der Waals surface area contributed by atoms with Gasteiger partial charge in [-0.3, -0.25) is 29.2 Å². The van der Waals surface area contributed by atoms with Crippen LogP contribution in [0.15, 0.2) is 66.7 Å². The number of nitrogens with zero attached hydrogens (tertiary/aromatic N) is 4. The number of carbonyl (C=O) groups is 2. The molecule has 0 saturated carbocycles. The molecule has 0 bridgehead atoms. The van der Waals surface area contributed by atoms with E-state index in [-0.39, 0.29) is 23.4 Å². The quantitative estimate of drug-likeness (QED) is 0.272. The van der Waals surface area contributed by atoms with E-state index in [1.807, 2.05) is 53.1 Å². The maximum absolute atomic E-state index is 13.0. The number of aromatic nitrogens is 2. The number of nitro benzene ring substituents is 1. The fraction of sp³-hybridized carbons (Fsp3) is 0.0870. The van der Waals surface area contributed by atoms with Crippen LogP contribution in [0.3, 0.4) is 0 Å². The van der Waals surface area contributed by atoms with E-state index in [0.29, 0.717) is 17.1 Å². The van der Waals surface area contributed by atoms with Gasteiger partial charge in [0.1, 0.15) is 11.6 Å². The third kappa shape index (κ3) is 2.99. The molecule has 3 aromatic carbocycles. The first-order chi connectivity index (χ1) is 15.5. The van der Waals surface area contributed by atoms with Crippen LogP contribution in [0.2, 0.25) is 0 Å². The molecule has 5 rings (SSSR count). The van der Waals surface area contributed by atoms with Gasteiger partial charge in [0.25, 0.3) is 17.5 Å². The molecule has 2 amide bonds. The molecule has 0 unspecified atom stereocenters. The van der Waals surface area contributed by atoms with Crippen LogP contribution in [0.25, 0.3) is 16.7 Å². The fourth-order valence-corrected chi connectivity index (χ4v) is 3.88. The van der Waals surface area contributed by atoms with Crippen molar-refractivity contribution in [3.63, 3.8) is 0 Å². The largest absolute Gasteiger partial charge is 0.497 e. The molecule has 0 spiro atoms. The minimum atomic E-state index is -0.593. The number of nitro groups is 1. The lowest BCUT2D eigenvalue weighted by atomic mass is 10.1. The summed E-state index contributed by atoms with van der Waals surface area (Å²) in [6.45, 7) is -0.0825. The average Bonchev–Trinajstić information content (AvgIpc) is 3.29. The third-order valence-corrected chi connectivity index (χ3v) is 5.43. The summed E-state index contributed by atoms with van der Waals surface area (Å²) in [5.41, 5.74) is 2.26. The Kier molecular flexibility index (Phi) is 4.44. The Bertz CT molecular complexity index is 1410. The lowest BCUT2D eigenvalue weighted by molar-refractivity contribution is -0.384. The van der Waals surface area contributed by atoms with Crippen LogP contribution >= 0.6 is 0 Å². The van der Waals surface area contributed by atoms with Crippen molar-refractivity contribution in [3.8, 4) is 11.4 Å². The first kappa shape index (κ1) is 19.4. The molecular formula is C23H16N4O5. The number of hydrogen-bond donors (Lipinski definition) is 0. The Morgan fingerprint density at radius 1 is 0.969 bits per heavy atom. The molecule has 0 saturated heterocycles. The van der Waals surface area contributed by atoms with E-state index in [1.165, 1.54) is 12.1 Å². The maximum Gasteiger partial charge on any atom is 0.270 e. The molecule has 9 nitrogen and oxygen atoms in total. The van der Waals surface area contributed by atoms with Crippen LogP contribution in [0, 0.1) is 10.1 Å². The highest BCUT2D eigenvalue weighted by atomic mass is 16.6. The highest BCUT2D eigenvalue weighted by Crippen LogP contribution is 2.30. The van der Waals surface area contributed by atoms with E-state index in [9.17, 15) is 19.7 Å². The van der Waals surface area contributed by atoms with Crippen molar-refractivity contribution >= 4 is 28.5 Å². The second-order valence-corrected chi connectivity index (χ2v) is 7.23. The van der Waals surface area contributed by atoms with E-state index < -0.39 is 16.7 Å². The first-order valence-electron chi connectivity index (χ1n) is 9.73. The van der Waals surface area contributed by atoms with Gasteiger partial charge in [0.2, 0.25) is 0 Å². The third-order valence-electron chi connectivity index (χ3n) is 5.43. The minimum Gasteiger partial charge on any atom is -0.497 e. The lowest BCUT2D eigenvalue weighted by Gasteiger charge is -2.15. The lowest BCUT2D eigenvalue weighted by Crippen LogP contribution is -2.30. The standard InChI is InChI=1S/C23H16N4O5/c1-32-16-9-6-14(7-10-16)26-20-5-3-2-4-19(20)24-21(26)13-25-22(28)17-11-8-15(27(30)31)12-18(17)23(25)29/h2-12H,13H2,1H3. The Morgan fingerprint density at radius 3 is 2.41 bits per heavy atom. The summed E-state index contributed by atoms with van der Waals surface area (Å²) in [4.78, 5) is 42.1. The number of rotatable bonds is 5. The zero-order valence-corrected chi connectivity index (χ0v) is 16.9. The summed E-state index contributed by atoms with van der Waals surface area (Å²) < 4.78 is 7.11. The number of imide groups is 1. The van der Waals surface area contributed by atoms with E-state index in [4.69, 9.17) is 4.74 Å². The number of fused-ring (bicyclic) bond motifs is 2. The Morgan fingerprint density at radius 2 is 1.69 bits per heavy atom. The van der Waals surface area contributed by atoms with Gasteiger partial charge in [-0.1, -0.05) is 12.1 Å². The molecule has 32 heavy (non-hydrogen) atoms. The minimum absolute atomic E-state index is 0.0244. The maximum atomic E-state index is 13.0. The number of ether oxygens (including phenoxy) is 1. The SMILES string of the molecule is COc1ccc(-n2c(CN3C(=O)c4ccc([N+](=O)[O-])cc4C3=O)nc3ccccc32)cc1. The van der Waals surface area contributed by atoms with Crippen LogP contribution in [-0.2, 0) is 6.54 Å². The smallest absolute Gasteiger partial charge is 0.270 e. The highest BCUT2D eigenvalue weighted by molar-refractivity contribution is 6.21. The molecule has 2 heterocycles. The van der Waals surface area contributed by atoms with Crippen molar-refractivity contribution in [1.29, 1.82) is 0 Å². The Hall–Kier alpha value is -4.53. The van der Waals surface area contributed by atoms with Crippen LogP contribution in [0.4, 0.5) is 5.69 Å². The number of imidazole rings is 1. The number of benzene rings is 3. The van der Waals surface area contributed by atoms with Gasteiger partial charge in [0, 0.05) is 17.8 Å². The molecule has 0 N–H and O–H groups in total. The van der Waals surface area contributed by atoms with Gasteiger partial charge in [-0.25, -0.2) is 4.98 Å². The van der Waals surface area contributed by atoms with Crippen molar-refractivity contribution in [3.05, 3.63) is 93.8 Å². The molecule has 1 aromatic heterocycles. The van der Waals surface area contributed by atoms with Crippen molar-refractivity contribution in [2.24, 2.45) is 0 Å². The predicted octanol–water partition coefficient (Wildman–Crippen LogP) is 3.74. The van der Waals surface area contributed by atoms with Gasteiger partial charge in [-0.2, -0.15) is 0 Å². The predicted molar refractivity (Wildman–Crippen MR) is 115 cm³/mol. The van der Waals surface area contributed by atoms with Gasteiger partial charge in [0.15, 0.2) is 0 Å². The molecule has 1 aliphatic rings. The summed E-state index contributed by atoms with van der Waals surface area (Å²) >= 11 is 0. The second-order valence-electron chi connectivity index (χ2n) is 7.23. The number of carbonyl (C=O) groups excluding carboxylic acids is 2. The average molecular weight is 428 g/mol. The molecule has 158 valence electrons. The first-order valence-corrected chi connectivity index (χ1v) is 9.73. The van der Waals surface area contributed by atoms with Crippen molar-refractivity contribution in [1.82, 2.24) is 14.5 Å². The van der Waals surface area contributed by atoms with E-state index in [0.717, 1.165) is 22.2 Å². The fourth-order valence-electron chi connectivity index (χ4n) is 3.88. The second kappa shape index (κ2) is 7.31. The van der Waals surface area contributed by atoms with E-state index >= 15 is 0 Å². The van der Waals surface area contributed by atoms with Gasteiger partial charge in [-0.05, 0) is 42.5 Å². The summed E-state index contributed by atoms with van der Waals surface area (Å²) in [5.74, 6) is 0.0947. The van der Waals surface area contributed by atoms with E-state index in [2.05, 4.69) is 4.98 Å². The number of methoxy groups -OCH3 is 1. The van der Waals surface area contributed by atoms with E-state index in [1.54, 1.807) is 7.11 Å². The summed E-state index contributed by atoms with van der Waals surface area (Å²) in [7, 11) is 1.58. The van der Waals surface area contributed by atoms with Crippen molar-refractivity contribution in [2.75, 3.05) is 7.11 Å². The monoisotopic (exact) mass is 428 g/mol. The topological polar surface area (TPSA) is 108 Å². The summed E-state index contributed by atoms with van der Waals surface area (Å²) in [5, 5.41) is 11.1. The van der Waals surface area contributed by atoms with Gasteiger partial charge >= 0.3 is 0 Å². The van der Waals surface area contributed by atoms with Gasteiger partial charge in [0.05, 0.1) is 40.7 Å². The molecular weight excluding hydrogens is 412 g/mol. The molecule has 4 aromatic rings. The summed E-state index contributed by atoms with van der Waals surface area (Å²) in [6.07, 6.45) is 0. The Balaban J connectivity index is 1.58. The molecule has 1 aliphatic heterocycles. The number of para-hydroxylation sites is 2. The zero-order chi connectivity index (χ0) is 22.4. The molecule has 0 fully saturated rings. The normalized spacial score (nSPS) is 13.0. The van der Waals surface area contributed by atoms with Crippen LogP contribution < -0.4 is 4.74 Å². The van der Waals surface area contributed by atoms with Gasteiger partial charge < -0.3 is 4.74 Å². The molecule has 0 aliphatic carbocycles. The van der Waals surface area contributed by atoms with Gasteiger partial charge in [-0.15, -0.1) is 0 Å². The number of amides is 2. The van der Waals surface area contributed by atoms with Crippen LogP contribution in [-0.4, -0.2) is 38.3 Å². The van der Waals surface area contributed by atoms with Crippen molar-refractivity contribution < 1.29 is 19.2 Å². The Labute approximate surface area is 181 Å². The zero-order valence-electron chi connectivity index (χ0n) is 16.9. The van der Waals surface area contributed by atoms with Crippen LogP contribution in [0.1, 0.15) is 26.5 Å². The summed E-state index contributed by atoms with van der Waals surface area (Å²) in [6, 6.07) is 18.5. The highest BCUT2D eigenvalue weighted by Gasteiger charge is 2.37. The number of hydrogen-bond acceptors (Lipinski definition) is 6.